The van der Waals surface area contributed by atoms with Crippen LogP contribution in [-0.4, -0.2) is 37.2 Å². The molecule has 0 heterocycles. The van der Waals surface area contributed by atoms with Gasteiger partial charge in [-0.2, -0.15) is 0 Å². The molecule has 0 aromatic carbocycles. The fourth-order valence-electron chi connectivity index (χ4n) is 8.26. The lowest BCUT2D eigenvalue weighted by Gasteiger charge is -2.18. The molecule has 0 bridgehead atoms. The van der Waals surface area contributed by atoms with Gasteiger partial charge in [-0.05, 0) is 122 Å². The lowest BCUT2D eigenvalue weighted by molar-refractivity contribution is -0.166. The molecular formula is C71H114O6. The molecule has 77 heavy (non-hydrogen) atoms. The highest BCUT2D eigenvalue weighted by Gasteiger charge is 2.19. The van der Waals surface area contributed by atoms with Crippen LogP contribution in [0.15, 0.2) is 146 Å². The van der Waals surface area contributed by atoms with Crippen LogP contribution in [0.5, 0.6) is 0 Å². The molecule has 434 valence electrons. The highest BCUT2D eigenvalue weighted by molar-refractivity contribution is 5.71. The van der Waals surface area contributed by atoms with E-state index in [1.807, 2.05) is 6.08 Å². The number of carbonyl (C=O) groups is 3. The molecule has 0 aromatic heterocycles. The summed E-state index contributed by atoms with van der Waals surface area (Å²) in [4.78, 5) is 38.3. The molecule has 0 aliphatic rings. The van der Waals surface area contributed by atoms with Crippen molar-refractivity contribution in [3.05, 3.63) is 146 Å². The average Bonchev–Trinajstić information content (AvgIpc) is 3.43. The van der Waals surface area contributed by atoms with Crippen molar-refractivity contribution in [2.45, 2.75) is 271 Å². The Morgan fingerprint density at radius 3 is 0.805 bits per heavy atom. The molecule has 0 spiro atoms. The first-order chi connectivity index (χ1) is 38.0. The molecular weight excluding hydrogens is 949 g/mol. The number of allylic oxidation sites excluding steroid dienone is 24. The van der Waals surface area contributed by atoms with E-state index in [0.717, 1.165) is 116 Å². The van der Waals surface area contributed by atoms with Gasteiger partial charge in [-0.15, -0.1) is 0 Å². The monoisotopic (exact) mass is 1060 g/mol. The van der Waals surface area contributed by atoms with Gasteiger partial charge in [-0.1, -0.05) is 269 Å². The second kappa shape index (κ2) is 63.8. The first kappa shape index (κ1) is 72.3. The summed E-state index contributed by atoms with van der Waals surface area (Å²) in [6.45, 7) is 6.23. The molecule has 6 nitrogen and oxygen atoms in total. The SMILES string of the molecule is CC/C=C\C/C=C\C/C=C\C/C=C\CCCCCCCCCCCCC(=O)OCC(COC(=O)CC/C=C\C/C=C\C/C=C\C/C=C\CC)OC(=O)CCCCCCCCCCCC/C=C\C/C=C\C/C=C\C/C=C\CC. The zero-order valence-corrected chi connectivity index (χ0v) is 49.7. The van der Waals surface area contributed by atoms with E-state index in [9.17, 15) is 14.4 Å². The summed E-state index contributed by atoms with van der Waals surface area (Å²) in [6, 6.07) is 0. The molecule has 0 saturated carbocycles. The standard InChI is InChI=1S/C71H114O6/c1-4-7-10-13-16-19-22-25-27-29-31-33-35-37-39-41-43-46-49-52-55-58-61-64-70(73)76-67-68(66-75-69(72)63-60-57-54-51-48-45-24-21-18-15-12-9-6-3)77-71(74)65-62-59-56-53-50-47-44-42-40-38-36-34-32-30-28-26-23-20-17-14-11-8-5-2/h7-12,16-21,25-28,31-34,45,48,54,57,68H,4-6,13-15,22-24,29-30,35-44,46-47,49-53,55-56,58-67H2,1-3H3/b10-7-,11-8-,12-9-,19-16-,20-17-,21-18-,27-25-,28-26-,33-31-,34-32-,48-45-,57-54-. The van der Waals surface area contributed by atoms with Gasteiger partial charge in [0.15, 0.2) is 6.10 Å². The van der Waals surface area contributed by atoms with Crippen LogP contribution in [-0.2, 0) is 28.6 Å². The predicted molar refractivity (Wildman–Crippen MR) is 334 cm³/mol. The largest absolute Gasteiger partial charge is 0.462 e. The maximum Gasteiger partial charge on any atom is 0.306 e. The van der Waals surface area contributed by atoms with Crippen molar-refractivity contribution < 1.29 is 28.6 Å². The van der Waals surface area contributed by atoms with E-state index in [-0.39, 0.29) is 37.5 Å². The summed E-state index contributed by atoms with van der Waals surface area (Å²) < 4.78 is 16.8. The molecule has 0 radical (unpaired) electrons. The van der Waals surface area contributed by atoms with Crippen molar-refractivity contribution in [1.82, 2.24) is 0 Å². The first-order valence-electron chi connectivity index (χ1n) is 31.3. The summed E-state index contributed by atoms with van der Waals surface area (Å²) in [5.41, 5.74) is 0. The second-order valence-corrected chi connectivity index (χ2v) is 20.2. The molecule has 0 aliphatic heterocycles. The van der Waals surface area contributed by atoms with Crippen LogP contribution >= 0.6 is 0 Å². The lowest BCUT2D eigenvalue weighted by atomic mass is 10.0. The van der Waals surface area contributed by atoms with Crippen LogP contribution in [0.1, 0.15) is 265 Å². The van der Waals surface area contributed by atoms with Crippen molar-refractivity contribution in [3.63, 3.8) is 0 Å². The maximum absolute atomic E-state index is 12.9. The molecule has 0 saturated heterocycles. The number of carbonyl (C=O) groups excluding carboxylic acids is 3. The topological polar surface area (TPSA) is 78.9 Å². The normalized spacial score (nSPS) is 13.1. The van der Waals surface area contributed by atoms with Gasteiger partial charge in [0.05, 0.1) is 0 Å². The Kier molecular flexibility index (Phi) is 59.9. The smallest absolute Gasteiger partial charge is 0.306 e. The highest BCUT2D eigenvalue weighted by atomic mass is 16.6. The third-order valence-electron chi connectivity index (χ3n) is 12.8. The van der Waals surface area contributed by atoms with Crippen molar-refractivity contribution >= 4 is 17.9 Å². The maximum atomic E-state index is 12.9. The van der Waals surface area contributed by atoms with Crippen molar-refractivity contribution in [1.29, 1.82) is 0 Å². The Balaban J connectivity index is 4.40. The number of esters is 3. The molecule has 0 aliphatic carbocycles. The van der Waals surface area contributed by atoms with Gasteiger partial charge < -0.3 is 14.2 Å². The van der Waals surface area contributed by atoms with Crippen molar-refractivity contribution in [2.75, 3.05) is 13.2 Å². The van der Waals surface area contributed by atoms with Gasteiger partial charge >= 0.3 is 17.9 Å². The Hall–Kier alpha value is -4.71. The minimum absolute atomic E-state index is 0.109. The number of hydrogen-bond donors (Lipinski definition) is 0. The Labute approximate surface area is 474 Å². The van der Waals surface area contributed by atoms with E-state index in [2.05, 4.69) is 161 Å². The van der Waals surface area contributed by atoms with Gasteiger partial charge in [0.25, 0.3) is 0 Å². The zero-order chi connectivity index (χ0) is 55.7. The molecule has 0 amide bonds. The number of rotatable bonds is 55. The lowest BCUT2D eigenvalue weighted by Crippen LogP contribution is -2.30. The van der Waals surface area contributed by atoms with Crippen LogP contribution in [0.3, 0.4) is 0 Å². The third kappa shape index (κ3) is 62.0. The van der Waals surface area contributed by atoms with E-state index < -0.39 is 6.10 Å². The molecule has 0 rings (SSSR count). The van der Waals surface area contributed by atoms with Gasteiger partial charge in [0, 0.05) is 19.3 Å². The Morgan fingerprint density at radius 1 is 0.260 bits per heavy atom. The summed E-state index contributed by atoms with van der Waals surface area (Å²) in [5, 5.41) is 0. The number of hydrogen-bond acceptors (Lipinski definition) is 6. The van der Waals surface area contributed by atoms with Crippen LogP contribution in [0.2, 0.25) is 0 Å². The first-order valence-corrected chi connectivity index (χ1v) is 31.3. The second-order valence-electron chi connectivity index (χ2n) is 20.2. The van der Waals surface area contributed by atoms with Crippen molar-refractivity contribution in [2.24, 2.45) is 0 Å². The number of ether oxygens (including phenoxy) is 3. The highest BCUT2D eigenvalue weighted by Crippen LogP contribution is 2.15. The fraction of sp³-hybridized carbons (Fsp3) is 0.620. The van der Waals surface area contributed by atoms with E-state index >= 15 is 0 Å². The summed E-state index contributed by atoms with van der Waals surface area (Å²) >= 11 is 0. The van der Waals surface area contributed by atoms with Gasteiger partial charge in [0.1, 0.15) is 13.2 Å². The van der Waals surface area contributed by atoms with E-state index in [1.54, 1.807) is 0 Å². The summed E-state index contributed by atoms with van der Waals surface area (Å²) in [6.07, 6.45) is 91.5. The molecule has 6 heteroatoms. The van der Waals surface area contributed by atoms with E-state index in [1.165, 1.54) is 103 Å². The van der Waals surface area contributed by atoms with Crippen LogP contribution in [0.4, 0.5) is 0 Å². The predicted octanol–water partition coefficient (Wildman–Crippen LogP) is 21.5. The minimum atomic E-state index is -0.818. The molecule has 0 N–H and O–H groups in total. The van der Waals surface area contributed by atoms with Crippen LogP contribution in [0, 0.1) is 0 Å². The van der Waals surface area contributed by atoms with Crippen LogP contribution in [0.25, 0.3) is 0 Å². The number of unbranched alkanes of at least 4 members (excludes halogenated alkanes) is 20. The molecule has 1 unspecified atom stereocenters. The zero-order valence-electron chi connectivity index (χ0n) is 49.7. The average molecular weight is 1060 g/mol. The molecule has 0 aromatic rings. The third-order valence-corrected chi connectivity index (χ3v) is 12.8. The van der Waals surface area contributed by atoms with Gasteiger partial charge in [-0.3, -0.25) is 14.4 Å². The van der Waals surface area contributed by atoms with Gasteiger partial charge in [-0.25, -0.2) is 0 Å². The van der Waals surface area contributed by atoms with Gasteiger partial charge in [0.2, 0.25) is 0 Å². The van der Waals surface area contributed by atoms with Crippen LogP contribution < -0.4 is 0 Å². The Morgan fingerprint density at radius 2 is 0.494 bits per heavy atom. The van der Waals surface area contributed by atoms with E-state index in [0.29, 0.717) is 19.3 Å². The minimum Gasteiger partial charge on any atom is -0.462 e. The van der Waals surface area contributed by atoms with Crippen molar-refractivity contribution in [3.8, 4) is 0 Å². The summed E-state index contributed by atoms with van der Waals surface area (Å²) in [5.74, 6) is -1.00. The fourth-order valence-corrected chi connectivity index (χ4v) is 8.26. The quantitative estimate of drug-likeness (QED) is 0.0261. The molecule has 0 fully saturated rings. The summed E-state index contributed by atoms with van der Waals surface area (Å²) in [7, 11) is 0. The molecule has 1 atom stereocenters. The Bertz CT molecular complexity index is 1700. The van der Waals surface area contributed by atoms with E-state index in [4.69, 9.17) is 14.2 Å².